The molecule has 112 valence electrons. The van der Waals surface area contributed by atoms with E-state index in [-0.39, 0.29) is 12.1 Å². The van der Waals surface area contributed by atoms with Gasteiger partial charge in [-0.3, -0.25) is 0 Å². The normalized spacial score (nSPS) is 24.9. The van der Waals surface area contributed by atoms with E-state index in [2.05, 4.69) is 33.9 Å². The zero-order valence-corrected chi connectivity index (χ0v) is 13.7. The number of nitrogens with zero attached hydrogens (tertiary/aromatic N) is 1. The highest BCUT2D eigenvalue weighted by Crippen LogP contribution is 2.26. The van der Waals surface area contributed by atoms with Crippen molar-refractivity contribution in [1.29, 1.82) is 0 Å². The third-order valence-electron chi connectivity index (χ3n) is 4.36. The molecule has 3 N–H and O–H groups in total. The molecule has 0 bridgehead atoms. The minimum atomic E-state index is -0.173. The molecule has 0 radical (unpaired) electrons. The Morgan fingerprint density at radius 2 is 2.05 bits per heavy atom. The highest BCUT2D eigenvalue weighted by molar-refractivity contribution is 9.10. The van der Waals surface area contributed by atoms with Crippen LogP contribution in [0.5, 0.6) is 0 Å². The van der Waals surface area contributed by atoms with Gasteiger partial charge in [-0.15, -0.1) is 0 Å². The van der Waals surface area contributed by atoms with Crippen LogP contribution < -0.4 is 5.73 Å². The molecule has 1 aliphatic rings. The van der Waals surface area contributed by atoms with Crippen molar-refractivity contribution in [2.45, 2.75) is 50.3 Å². The molecule has 0 amide bonds. The van der Waals surface area contributed by atoms with Crippen molar-refractivity contribution >= 4 is 15.9 Å². The second-order valence-corrected chi connectivity index (χ2v) is 6.67. The molecule has 4 heteroatoms. The van der Waals surface area contributed by atoms with Gasteiger partial charge in [-0.05, 0) is 37.9 Å². The number of halogens is 1. The number of likely N-dealkylation sites (N-methyl/N-ethyl adjacent to an activating group) is 1. The van der Waals surface area contributed by atoms with Crippen LogP contribution in [0.2, 0.25) is 0 Å². The van der Waals surface area contributed by atoms with Crippen LogP contribution in [0.25, 0.3) is 0 Å². The van der Waals surface area contributed by atoms with E-state index in [4.69, 9.17) is 5.73 Å². The molecule has 0 heterocycles. The van der Waals surface area contributed by atoms with Crippen LogP contribution in [0.3, 0.4) is 0 Å². The quantitative estimate of drug-likeness (QED) is 0.865. The second-order valence-electron chi connectivity index (χ2n) is 5.82. The third-order valence-corrected chi connectivity index (χ3v) is 5.08. The van der Waals surface area contributed by atoms with Gasteiger partial charge in [0.05, 0.1) is 6.10 Å². The van der Waals surface area contributed by atoms with Crippen molar-refractivity contribution in [2.75, 3.05) is 13.6 Å². The predicted molar refractivity (Wildman–Crippen MR) is 86.6 cm³/mol. The van der Waals surface area contributed by atoms with Gasteiger partial charge in [-0.1, -0.05) is 47.0 Å². The van der Waals surface area contributed by atoms with Gasteiger partial charge in [0.1, 0.15) is 0 Å². The van der Waals surface area contributed by atoms with Crippen molar-refractivity contribution in [3.63, 3.8) is 0 Å². The van der Waals surface area contributed by atoms with Crippen molar-refractivity contribution in [3.05, 3.63) is 34.3 Å². The number of aliphatic hydroxyl groups excluding tert-OH is 1. The molecule has 2 rings (SSSR count). The summed E-state index contributed by atoms with van der Waals surface area (Å²) in [5, 5.41) is 10.1. The summed E-state index contributed by atoms with van der Waals surface area (Å²) in [6, 6.07) is 8.47. The van der Waals surface area contributed by atoms with E-state index in [1.54, 1.807) is 0 Å². The summed E-state index contributed by atoms with van der Waals surface area (Å²) in [5.41, 5.74) is 7.45. The molecule has 1 aliphatic carbocycles. The van der Waals surface area contributed by atoms with Crippen LogP contribution in [0.4, 0.5) is 0 Å². The number of hydrogen-bond acceptors (Lipinski definition) is 3. The Bertz CT molecular complexity index is 427. The fraction of sp³-hybridized carbons (Fsp3) is 0.625. The lowest BCUT2D eigenvalue weighted by atomic mass is 9.91. The molecular formula is C16H25BrN2O. The molecule has 1 aromatic carbocycles. The van der Waals surface area contributed by atoms with Gasteiger partial charge < -0.3 is 15.7 Å². The molecule has 1 aromatic rings. The van der Waals surface area contributed by atoms with E-state index < -0.39 is 0 Å². The van der Waals surface area contributed by atoms with Crippen molar-refractivity contribution in [1.82, 2.24) is 4.90 Å². The summed E-state index contributed by atoms with van der Waals surface area (Å²) >= 11 is 3.56. The fourth-order valence-corrected chi connectivity index (χ4v) is 3.62. The molecule has 0 aromatic heterocycles. The summed E-state index contributed by atoms with van der Waals surface area (Å²) in [6.45, 7) is 0.921. The molecule has 1 saturated carbocycles. The highest BCUT2D eigenvalue weighted by atomic mass is 79.9. The Labute approximate surface area is 130 Å². The van der Waals surface area contributed by atoms with Gasteiger partial charge in [0.15, 0.2) is 0 Å². The van der Waals surface area contributed by atoms with Gasteiger partial charge in [-0.2, -0.15) is 0 Å². The van der Waals surface area contributed by atoms with E-state index in [1.807, 2.05) is 18.2 Å². The van der Waals surface area contributed by atoms with Gasteiger partial charge in [0.25, 0.3) is 0 Å². The minimum absolute atomic E-state index is 0.0359. The Hall–Kier alpha value is -0.420. The van der Waals surface area contributed by atoms with E-state index in [0.717, 1.165) is 42.3 Å². The lowest BCUT2D eigenvalue weighted by Gasteiger charge is -2.35. The van der Waals surface area contributed by atoms with Crippen LogP contribution in [0, 0.1) is 0 Å². The second kappa shape index (κ2) is 7.55. The van der Waals surface area contributed by atoms with Crippen LogP contribution >= 0.6 is 15.9 Å². The summed E-state index contributed by atoms with van der Waals surface area (Å²) in [6.07, 6.45) is 5.15. The van der Waals surface area contributed by atoms with E-state index in [9.17, 15) is 5.11 Å². The van der Waals surface area contributed by atoms with Gasteiger partial charge in [-0.25, -0.2) is 0 Å². The first-order valence-corrected chi connectivity index (χ1v) is 8.27. The molecule has 3 nitrogen and oxygen atoms in total. The maximum absolute atomic E-state index is 10.1. The molecule has 20 heavy (non-hydrogen) atoms. The summed E-state index contributed by atoms with van der Waals surface area (Å²) in [4.78, 5) is 2.28. The largest absolute Gasteiger partial charge is 0.391 e. The lowest BCUT2D eigenvalue weighted by molar-refractivity contribution is 0.0311. The minimum Gasteiger partial charge on any atom is -0.391 e. The molecule has 1 fully saturated rings. The first-order chi connectivity index (χ1) is 9.59. The monoisotopic (exact) mass is 340 g/mol. The van der Waals surface area contributed by atoms with Crippen molar-refractivity contribution in [2.24, 2.45) is 5.73 Å². The van der Waals surface area contributed by atoms with Crippen LogP contribution in [0.1, 0.15) is 43.7 Å². The average Bonchev–Trinajstić information content (AvgIpc) is 2.45. The summed E-state index contributed by atoms with van der Waals surface area (Å²) in [7, 11) is 2.10. The smallest absolute Gasteiger partial charge is 0.0695 e. The first kappa shape index (κ1) is 16.0. The van der Waals surface area contributed by atoms with Gasteiger partial charge >= 0.3 is 0 Å². The highest BCUT2D eigenvalue weighted by Gasteiger charge is 2.26. The van der Waals surface area contributed by atoms with Crippen LogP contribution in [0.15, 0.2) is 28.7 Å². The molecular weight excluding hydrogens is 316 g/mol. The number of nitrogens with two attached hydrogens (primary N) is 1. The first-order valence-electron chi connectivity index (χ1n) is 7.48. The average molecular weight is 341 g/mol. The van der Waals surface area contributed by atoms with Crippen LogP contribution in [-0.2, 0) is 0 Å². The Morgan fingerprint density at radius 1 is 1.35 bits per heavy atom. The van der Waals surface area contributed by atoms with E-state index in [1.165, 1.54) is 6.42 Å². The lowest BCUT2D eigenvalue weighted by Crippen LogP contribution is -2.44. The Morgan fingerprint density at radius 3 is 2.75 bits per heavy atom. The molecule has 0 spiro atoms. The number of rotatable bonds is 5. The van der Waals surface area contributed by atoms with Crippen LogP contribution in [-0.4, -0.2) is 35.7 Å². The predicted octanol–water partition coefficient (Wildman–Crippen LogP) is 3.07. The Kier molecular flexibility index (Phi) is 6.02. The number of hydrogen-bond donors (Lipinski definition) is 2. The standard InChI is InChI=1S/C16H25BrN2O/c1-19(15-8-4-5-9-16(15)20)11-10-14(18)12-6-2-3-7-13(12)17/h2-3,6-7,14-16,20H,4-5,8-11,18H2,1H3. The van der Waals surface area contributed by atoms with E-state index >= 15 is 0 Å². The molecule has 0 aliphatic heterocycles. The molecule has 3 atom stereocenters. The maximum atomic E-state index is 10.1. The topological polar surface area (TPSA) is 49.5 Å². The van der Waals surface area contributed by atoms with Gasteiger partial charge in [0.2, 0.25) is 0 Å². The summed E-state index contributed by atoms with van der Waals surface area (Å²) < 4.78 is 1.08. The zero-order valence-electron chi connectivity index (χ0n) is 12.1. The maximum Gasteiger partial charge on any atom is 0.0695 e. The fourth-order valence-electron chi connectivity index (χ4n) is 3.05. The van der Waals surface area contributed by atoms with E-state index in [0.29, 0.717) is 6.04 Å². The molecule has 0 saturated heterocycles. The summed E-state index contributed by atoms with van der Waals surface area (Å²) in [5.74, 6) is 0. The van der Waals surface area contributed by atoms with Gasteiger partial charge in [0, 0.05) is 23.1 Å². The molecule has 3 unspecified atom stereocenters. The SMILES string of the molecule is CN(CCC(N)c1ccccc1Br)C1CCCCC1O. The van der Waals surface area contributed by atoms with Crippen molar-refractivity contribution < 1.29 is 5.11 Å². The number of benzene rings is 1. The zero-order chi connectivity index (χ0) is 14.5. The van der Waals surface area contributed by atoms with Crippen molar-refractivity contribution in [3.8, 4) is 0 Å². The number of aliphatic hydroxyl groups is 1. The Balaban J connectivity index is 1.86. The third kappa shape index (κ3) is 4.04.